The lowest BCUT2D eigenvalue weighted by atomic mass is 10.1. The molecule has 0 saturated carbocycles. The molecule has 0 atom stereocenters. The van der Waals surface area contributed by atoms with Gasteiger partial charge < -0.3 is 0 Å². The fourth-order valence-electron chi connectivity index (χ4n) is 0.905. The minimum Gasteiger partial charge on any atom is -0.242 e. The van der Waals surface area contributed by atoms with Gasteiger partial charge in [0.25, 0.3) is 0 Å². The largest absolute Gasteiger partial charge is 0.378 e. The van der Waals surface area contributed by atoms with E-state index in [0.717, 1.165) is 11.6 Å². The lowest BCUT2D eigenvalue weighted by molar-refractivity contribution is -0.137. The summed E-state index contributed by atoms with van der Waals surface area (Å²) < 4.78 is 0. The zero-order valence-corrected chi connectivity index (χ0v) is 6.57. The Bertz CT molecular complexity index is 275. The van der Waals surface area contributed by atoms with Crippen LogP contribution < -0.4 is 0 Å². The molecule has 0 aromatic heterocycles. The molecule has 0 unspecified atom stereocenters. The molecule has 1 aromatic carbocycles. The second kappa shape index (κ2) is 4.34. The Hall–Kier alpha value is -1.57. The van der Waals surface area contributed by atoms with Crippen LogP contribution in [0, 0.1) is 0 Å². The van der Waals surface area contributed by atoms with E-state index in [0.29, 0.717) is 6.42 Å². The average molecular weight is 161 g/mol. The van der Waals surface area contributed by atoms with Crippen molar-refractivity contribution in [1.29, 1.82) is 0 Å². The van der Waals surface area contributed by atoms with E-state index in [1.165, 1.54) is 0 Å². The van der Waals surface area contributed by atoms with Crippen molar-refractivity contribution in [2.24, 2.45) is 0 Å². The van der Waals surface area contributed by atoms with E-state index in [4.69, 9.17) is 0 Å². The van der Waals surface area contributed by atoms with Crippen molar-refractivity contribution in [1.82, 2.24) is 0 Å². The Balaban J connectivity index is 2.49. The molecule has 0 aliphatic carbocycles. The number of rotatable bonds is 3. The Labute approximate surface area is 71.2 Å². The first kappa shape index (κ1) is 8.53. The molecule has 12 heavy (non-hydrogen) atoms. The molecule has 0 N–H and O–H groups in total. The smallest absolute Gasteiger partial charge is 0.242 e. The molecule has 61 valence electrons. The molecule has 0 fully saturated rings. The van der Waals surface area contributed by atoms with Crippen molar-refractivity contribution in [2.75, 3.05) is 0 Å². The van der Waals surface area contributed by atoms with Crippen LogP contribution >= 0.6 is 0 Å². The highest BCUT2D eigenvalue weighted by atomic mass is 16.4. The number of hydrogen-bond acceptors (Lipinski definition) is 1. The molecule has 0 aliphatic heterocycles. The summed E-state index contributed by atoms with van der Waals surface area (Å²) in [7, 11) is 0. The molecule has 0 heterocycles. The van der Waals surface area contributed by atoms with Crippen LogP contribution in [0.25, 0.3) is 0 Å². The third-order valence-corrected chi connectivity index (χ3v) is 1.45. The second-order valence-corrected chi connectivity index (χ2v) is 2.41. The van der Waals surface area contributed by atoms with Gasteiger partial charge in [-0.05, 0) is 12.0 Å². The number of benzene rings is 1. The van der Waals surface area contributed by atoms with E-state index < -0.39 is 5.97 Å². The maximum atomic E-state index is 9.99. The monoisotopic (exact) mass is 161 g/mol. The molecule has 2 heteroatoms. The Kier molecular flexibility index (Phi) is 3.08. The molecule has 0 bridgehead atoms. The van der Waals surface area contributed by atoms with Gasteiger partial charge >= 0.3 is 5.97 Å². The zero-order valence-electron chi connectivity index (χ0n) is 6.57. The first-order valence-corrected chi connectivity index (χ1v) is 3.70. The van der Waals surface area contributed by atoms with E-state index in [1.54, 1.807) is 6.08 Å². The van der Waals surface area contributed by atoms with Crippen molar-refractivity contribution in [2.45, 2.75) is 6.42 Å². The molecule has 0 saturated heterocycles. The van der Waals surface area contributed by atoms with Gasteiger partial charge in [0, 0.05) is 6.08 Å². The Morgan fingerprint density at radius 1 is 1.25 bits per heavy atom. The standard InChI is InChI=1S/C10H9O2/c11-10(12)8-4-7-9-5-2-1-3-6-9/h1-6,8H,7H2. The predicted octanol–water partition coefficient (Wildman–Crippen LogP) is 1.74. The SMILES string of the molecule is [O]C(=O)C=CCc1ccccc1. The van der Waals surface area contributed by atoms with Gasteiger partial charge in [-0.2, -0.15) is 0 Å². The van der Waals surface area contributed by atoms with Crippen molar-refractivity contribution >= 4 is 5.97 Å². The summed E-state index contributed by atoms with van der Waals surface area (Å²) in [5, 5.41) is 9.99. The first-order valence-electron chi connectivity index (χ1n) is 3.70. The van der Waals surface area contributed by atoms with Gasteiger partial charge in [0.1, 0.15) is 0 Å². The fraction of sp³-hybridized carbons (Fsp3) is 0.100. The lowest BCUT2D eigenvalue weighted by Gasteiger charge is -1.92. The van der Waals surface area contributed by atoms with Crippen LogP contribution in [0.5, 0.6) is 0 Å². The van der Waals surface area contributed by atoms with Crippen molar-refractivity contribution in [3.05, 3.63) is 48.0 Å². The van der Waals surface area contributed by atoms with Crippen molar-refractivity contribution in [3.8, 4) is 0 Å². The number of carbonyl (C=O) groups is 1. The average Bonchev–Trinajstić information content (AvgIpc) is 2.05. The van der Waals surface area contributed by atoms with Crippen molar-refractivity contribution in [3.63, 3.8) is 0 Å². The van der Waals surface area contributed by atoms with Gasteiger partial charge in [-0.3, -0.25) is 0 Å². The lowest BCUT2D eigenvalue weighted by Crippen LogP contribution is -1.85. The van der Waals surface area contributed by atoms with Gasteiger partial charge in [0.05, 0.1) is 0 Å². The molecule has 1 radical (unpaired) electrons. The minimum atomic E-state index is -1.15. The third kappa shape index (κ3) is 3.01. The van der Waals surface area contributed by atoms with E-state index >= 15 is 0 Å². The van der Waals surface area contributed by atoms with E-state index in [9.17, 15) is 9.90 Å². The highest BCUT2D eigenvalue weighted by molar-refractivity contribution is 5.79. The van der Waals surface area contributed by atoms with Gasteiger partial charge in [-0.25, -0.2) is 9.90 Å². The highest BCUT2D eigenvalue weighted by Gasteiger charge is 1.89. The van der Waals surface area contributed by atoms with Gasteiger partial charge in [0.15, 0.2) is 0 Å². The summed E-state index contributed by atoms with van der Waals surface area (Å²) in [6.07, 6.45) is 3.26. The van der Waals surface area contributed by atoms with Crippen LogP contribution in [-0.4, -0.2) is 5.97 Å². The summed E-state index contributed by atoms with van der Waals surface area (Å²) in [6.45, 7) is 0. The number of allylic oxidation sites excluding steroid dienone is 1. The zero-order chi connectivity index (χ0) is 8.81. The third-order valence-electron chi connectivity index (χ3n) is 1.45. The highest BCUT2D eigenvalue weighted by Crippen LogP contribution is 1.99. The molecule has 0 amide bonds. The van der Waals surface area contributed by atoms with Crippen molar-refractivity contribution < 1.29 is 9.90 Å². The van der Waals surface area contributed by atoms with E-state index in [-0.39, 0.29) is 0 Å². The van der Waals surface area contributed by atoms with Gasteiger partial charge in [-0.1, -0.05) is 36.4 Å². The maximum Gasteiger partial charge on any atom is 0.378 e. The minimum absolute atomic E-state index is 0.634. The fourth-order valence-corrected chi connectivity index (χ4v) is 0.905. The summed E-state index contributed by atoms with van der Waals surface area (Å²) in [4.78, 5) is 9.99. The van der Waals surface area contributed by atoms with Crippen LogP contribution in [0.3, 0.4) is 0 Å². The Morgan fingerprint density at radius 2 is 1.92 bits per heavy atom. The normalized spacial score (nSPS) is 10.3. The summed E-state index contributed by atoms with van der Waals surface area (Å²) >= 11 is 0. The quantitative estimate of drug-likeness (QED) is 0.622. The topological polar surface area (TPSA) is 37.0 Å². The van der Waals surface area contributed by atoms with E-state index in [1.807, 2.05) is 30.3 Å². The van der Waals surface area contributed by atoms with Crippen LogP contribution in [0.2, 0.25) is 0 Å². The molecular formula is C10H9O2. The molecular weight excluding hydrogens is 152 g/mol. The van der Waals surface area contributed by atoms with Crippen LogP contribution in [0.4, 0.5) is 0 Å². The van der Waals surface area contributed by atoms with Gasteiger partial charge in [-0.15, -0.1) is 0 Å². The first-order chi connectivity index (χ1) is 5.79. The molecule has 0 aliphatic rings. The summed E-state index contributed by atoms with van der Waals surface area (Å²) in [6, 6.07) is 9.65. The van der Waals surface area contributed by atoms with E-state index in [2.05, 4.69) is 0 Å². The Morgan fingerprint density at radius 3 is 2.50 bits per heavy atom. The van der Waals surface area contributed by atoms with Gasteiger partial charge in [0.2, 0.25) is 0 Å². The van der Waals surface area contributed by atoms with Crippen LogP contribution in [0.1, 0.15) is 5.56 Å². The maximum absolute atomic E-state index is 9.99. The molecule has 1 aromatic rings. The molecule has 0 spiro atoms. The van der Waals surface area contributed by atoms with Crippen LogP contribution in [0.15, 0.2) is 42.5 Å². The predicted molar refractivity (Wildman–Crippen MR) is 45.0 cm³/mol. The van der Waals surface area contributed by atoms with Crippen LogP contribution in [-0.2, 0) is 16.3 Å². The second-order valence-electron chi connectivity index (χ2n) is 2.41. The summed E-state index contributed by atoms with van der Waals surface area (Å²) in [5.41, 5.74) is 1.09. The molecule has 1 rings (SSSR count). The molecule has 2 nitrogen and oxygen atoms in total. The number of hydrogen-bond donors (Lipinski definition) is 0. The number of carbonyl (C=O) groups excluding carboxylic acids is 1. The summed E-state index contributed by atoms with van der Waals surface area (Å²) in [5.74, 6) is -1.15.